The second-order valence-electron chi connectivity index (χ2n) is 10.5. The molecule has 0 saturated heterocycles. The van der Waals surface area contributed by atoms with Crippen LogP contribution in [0.1, 0.15) is 55.4 Å². The van der Waals surface area contributed by atoms with Crippen molar-refractivity contribution in [3.8, 4) is 0 Å². The second-order valence-corrected chi connectivity index (χ2v) is 10.5. The van der Waals surface area contributed by atoms with Gasteiger partial charge in [-0.3, -0.25) is 0 Å². The van der Waals surface area contributed by atoms with Gasteiger partial charge in [-0.1, -0.05) is 115 Å². The first-order valence-electron chi connectivity index (χ1n) is 9.60. The van der Waals surface area contributed by atoms with Crippen molar-refractivity contribution in [3.05, 3.63) is 70.7 Å². The molecule has 0 nitrogen and oxygen atoms in total. The maximum Gasteiger partial charge on any atom is 0.193 e. The lowest BCUT2D eigenvalue weighted by atomic mass is 9.63. The average molecular weight is 332 g/mol. The third-order valence-electron chi connectivity index (χ3n) is 7.05. The Balaban J connectivity index is 1.99. The molecule has 2 atom stereocenters. The highest BCUT2D eigenvalue weighted by Gasteiger charge is 2.37. The highest BCUT2D eigenvalue weighted by molar-refractivity contribution is 6.58. The van der Waals surface area contributed by atoms with Crippen molar-refractivity contribution in [3.63, 3.8) is 0 Å². The molecule has 3 rings (SSSR count). The lowest BCUT2D eigenvalue weighted by Crippen LogP contribution is -2.28. The van der Waals surface area contributed by atoms with Gasteiger partial charge in [0.05, 0.1) is 0 Å². The Morgan fingerprint density at radius 3 is 1.24 bits per heavy atom. The predicted molar refractivity (Wildman–Crippen MR) is 113 cm³/mol. The molecule has 0 spiro atoms. The Hall–Kier alpha value is -1.50. The summed E-state index contributed by atoms with van der Waals surface area (Å²) in [6.45, 7) is 18.6. The monoisotopic (exact) mass is 332 g/mol. The number of hydrogen-bond donors (Lipinski definition) is 0. The molecule has 1 heteroatoms. The normalized spacial score (nSPS) is 31.7. The Labute approximate surface area is 155 Å². The highest BCUT2D eigenvalue weighted by Crippen LogP contribution is 2.47. The van der Waals surface area contributed by atoms with Gasteiger partial charge in [0.1, 0.15) is 0 Å². The minimum atomic E-state index is 0.0856. The Morgan fingerprint density at radius 1 is 0.600 bits per heavy atom. The topological polar surface area (TPSA) is 0 Å². The van der Waals surface area contributed by atoms with Crippen LogP contribution in [0.4, 0.5) is 0 Å². The first kappa shape index (κ1) is 18.3. The summed E-state index contributed by atoms with van der Waals surface area (Å²) in [7, 11) is 1.05. The maximum absolute atomic E-state index is 2.41. The van der Waals surface area contributed by atoms with E-state index in [2.05, 4.69) is 104 Å². The molecular weight excluding hydrogens is 299 g/mol. The summed E-state index contributed by atoms with van der Waals surface area (Å²) in [6, 6.07) is 0. The van der Waals surface area contributed by atoms with E-state index in [1.54, 1.807) is 0 Å². The summed E-state index contributed by atoms with van der Waals surface area (Å²) >= 11 is 0. The lowest BCUT2D eigenvalue weighted by Gasteiger charge is -2.37. The minimum Gasteiger partial charge on any atom is -0.0748 e. The van der Waals surface area contributed by atoms with Gasteiger partial charge in [0.15, 0.2) is 7.28 Å². The summed E-state index contributed by atoms with van der Waals surface area (Å²) in [5.41, 5.74) is 6.34. The van der Waals surface area contributed by atoms with Gasteiger partial charge in [-0.2, -0.15) is 0 Å². The fourth-order valence-electron chi connectivity index (χ4n) is 3.60. The molecular formula is C24H33B. The van der Waals surface area contributed by atoms with Gasteiger partial charge < -0.3 is 0 Å². The summed E-state index contributed by atoms with van der Waals surface area (Å²) < 4.78 is 0. The van der Waals surface area contributed by atoms with Gasteiger partial charge in [0.25, 0.3) is 0 Å². The van der Waals surface area contributed by atoms with Gasteiger partial charge in [0.2, 0.25) is 0 Å². The molecule has 0 radical (unpaired) electrons. The zero-order valence-electron chi connectivity index (χ0n) is 17.3. The van der Waals surface area contributed by atoms with Crippen molar-refractivity contribution in [2.45, 2.75) is 55.4 Å². The SMILES string of the molecule is CC(C)(C)C1(C)C=CC2=C(C=C1)C1=C(B2)C=CC(C)(C(C)(C)C)C=C1. The van der Waals surface area contributed by atoms with Crippen LogP contribution in [0, 0.1) is 21.7 Å². The van der Waals surface area contributed by atoms with Crippen molar-refractivity contribution in [2.75, 3.05) is 0 Å². The largest absolute Gasteiger partial charge is 0.193 e. The highest BCUT2D eigenvalue weighted by atomic mass is 14.4. The van der Waals surface area contributed by atoms with Gasteiger partial charge >= 0.3 is 0 Å². The first-order chi connectivity index (χ1) is 11.4. The van der Waals surface area contributed by atoms with E-state index >= 15 is 0 Å². The molecule has 1 aliphatic heterocycles. The maximum atomic E-state index is 2.41. The van der Waals surface area contributed by atoms with Crippen LogP contribution >= 0.6 is 0 Å². The molecule has 0 amide bonds. The first-order valence-corrected chi connectivity index (χ1v) is 9.60. The zero-order chi connectivity index (χ0) is 18.7. The van der Waals surface area contributed by atoms with Crippen LogP contribution in [0.3, 0.4) is 0 Å². The number of hydrogen-bond acceptors (Lipinski definition) is 0. The molecule has 3 aliphatic rings. The third kappa shape index (κ3) is 2.96. The fraction of sp³-hybridized carbons (Fsp3) is 0.500. The van der Waals surface area contributed by atoms with E-state index in [1.807, 2.05) is 0 Å². The van der Waals surface area contributed by atoms with Gasteiger partial charge in [-0.25, -0.2) is 0 Å². The zero-order valence-corrected chi connectivity index (χ0v) is 17.3. The molecule has 0 aromatic heterocycles. The molecule has 0 fully saturated rings. The van der Waals surface area contributed by atoms with Gasteiger partial charge in [-0.05, 0) is 22.0 Å². The van der Waals surface area contributed by atoms with Crippen LogP contribution < -0.4 is 0 Å². The number of rotatable bonds is 0. The predicted octanol–water partition coefficient (Wildman–Crippen LogP) is 6.30. The smallest absolute Gasteiger partial charge is 0.0748 e. The molecule has 0 bridgehead atoms. The van der Waals surface area contributed by atoms with E-state index in [1.165, 1.54) is 22.1 Å². The van der Waals surface area contributed by atoms with Crippen LogP contribution in [0.5, 0.6) is 0 Å². The third-order valence-corrected chi connectivity index (χ3v) is 7.05. The van der Waals surface area contributed by atoms with Crippen molar-refractivity contribution < 1.29 is 0 Å². The van der Waals surface area contributed by atoms with Crippen LogP contribution in [0.25, 0.3) is 0 Å². The van der Waals surface area contributed by atoms with E-state index < -0.39 is 0 Å². The second kappa shape index (κ2) is 5.50. The van der Waals surface area contributed by atoms with Gasteiger partial charge in [0, 0.05) is 10.8 Å². The summed E-state index contributed by atoms with van der Waals surface area (Å²) in [5.74, 6) is 0. The molecule has 2 unspecified atom stereocenters. The van der Waals surface area contributed by atoms with Crippen LogP contribution in [-0.4, -0.2) is 7.28 Å². The van der Waals surface area contributed by atoms with Crippen molar-refractivity contribution in [1.29, 1.82) is 0 Å². The van der Waals surface area contributed by atoms with E-state index in [4.69, 9.17) is 0 Å². The van der Waals surface area contributed by atoms with Crippen LogP contribution in [0.15, 0.2) is 70.7 Å². The molecule has 0 saturated carbocycles. The minimum absolute atomic E-state index is 0.0856. The Morgan fingerprint density at radius 2 is 0.920 bits per heavy atom. The molecule has 132 valence electrons. The molecule has 0 aromatic carbocycles. The number of allylic oxidation sites excluding steroid dienone is 12. The Kier molecular flexibility index (Phi) is 4.03. The van der Waals surface area contributed by atoms with E-state index in [0.29, 0.717) is 0 Å². The van der Waals surface area contributed by atoms with Crippen molar-refractivity contribution in [1.82, 2.24) is 0 Å². The van der Waals surface area contributed by atoms with E-state index in [0.717, 1.165) is 7.28 Å². The summed E-state index contributed by atoms with van der Waals surface area (Å²) in [6.07, 6.45) is 19.1. The van der Waals surface area contributed by atoms with Crippen LogP contribution in [-0.2, 0) is 0 Å². The van der Waals surface area contributed by atoms with Crippen molar-refractivity contribution in [2.24, 2.45) is 21.7 Å². The molecule has 0 N–H and O–H groups in total. The Bertz CT molecular complexity index is 702. The van der Waals surface area contributed by atoms with Crippen molar-refractivity contribution >= 4 is 7.28 Å². The molecule has 2 aliphatic carbocycles. The quantitative estimate of drug-likeness (QED) is 0.457. The molecule has 1 heterocycles. The summed E-state index contributed by atoms with van der Waals surface area (Å²) in [4.78, 5) is 0. The number of fused-ring (bicyclic) bond motifs is 1. The standard InChI is InChI=1S/C24H33B/c1-21(2,3)23(7)13-9-17-18-10-14-24(8,22(4,5)6)16-12-20(18)25-19(17)11-15-23/h9-16,25H,1-8H3. The van der Waals surface area contributed by atoms with E-state index in [9.17, 15) is 0 Å². The summed E-state index contributed by atoms with van der Waals surface area (Å²) in [5, 5.41) is 0. The fourth-order valence-corrected chi connectivity index (χ4v) is 3.60. The van der Waals surface area contributed by atoms with E-state index in [-0.39, 0.29) is 21.7 Å². The molecule has 25 heavy (non-hydrogen) atoms. The van der Waals surface area contributed by atoms with Gasteiger partial charge in [-0.15, -0.1) is 0 Å². The average Bonchev–Trinajstić information content (AvgIpc) is 2.59. The lowest BCUT2D eigenvalue weighted by molar-refractivity contribution is 0.228. The molecule has 0 aromatic rings. The van der Waals surface area contributed by atoms with Crippen LogP contribution in [0.2, 0.25) is 0 Å².